The molecule has 0 radical (unpaired) electrons. The average molecular weight is 252 g/mol. The standard InChI is InChI=1S/C11H14ClN5/c1-2-3-6-17-11(14-15-16-17)8-4-5-9(12)10(13)7-8/h4-5,7H,2-3,6,13H2,1H3. The lowest BCUT2D eigenvalue weighted by Gasteiger charge is -2.05. The molecule has 17 heavy (non-hydrogen) atoms. The van der Waals surface area contributed by atoms with E-state index in [1.807, 2.05) is 6.07 Å². The van der Waals surface area contributed by atoms with E-state index in [9.17, 15) is 0 Å². The molecular weight excluding hydrogens is 238 g/mol. The molecule has 0 aliphatic rings. The Morgan fingerprint density at radius 1 is 1.41 bits per heavy atom. The minimum Gasteiger partial charge on any atom is -0.398 e. The van der Waals surface area contributed by atoms with Crippen LogP contribution in [0.25, 0.3) is 11.4 Å². The van der Waals surface area contributed by atoms with Gasteiger partial charge in [-0.3, -0.25) is 0 Å². The molecule has 0 unspecified atom stereocenters. The van der Waals surface area contributed by atoms with E-state index in [1.54, 1.807) is 16.8 Å². The monoisotopic (exact) mass is 251 g/mol. The van der Waals surface area contributed by atoms with E-state index in [1.165, 1.54) is 0 Å². The van der Waals surface area contributed by atoms with Gasteiger partial charge in [0, 0.05) is 12.1 Å². The van der Waals surface area contributed by atoms with Crippen molar-refractivity contribution in [2.75, 3.05) is 5.73 Å². The van der Waals surface area contributed by atoms with E-state index >= 15 is 0 Å². The van der Waals surface area contributed by atoms with Gasteiger partial charge < -0.3 is 5.73 Å². The highest BCUT2D eigenvalue weighted by atomic mass is 35.5. The van der Waals surface area contributed by atoms with E-state index in [0.717, 1.165) is 30.8 Å². The van der Waals surface area contributed by atoms with Crippen LogP contribution in [0.1, 0.15) is 19.8 Å². The third-order valence-electron chi connectivity index (χ3n) is 2.51. The van der Waals surface area contributed by atoms with Crippen molar-refractivity contribution in [1.82, 2.24) is 20.2 Å². The summed E-state index contributed by atoms with van der Waals surface area (Å²) in [5.41, 5.74) is 7.19. The van der Waals surface area contributed by atoms with Crippen molar-refractivity contribution < 1.29 is 0 Å². The number of rotatable bonds is 4. The molecule has 2 N–H and O–H groups in total. The van der Waals surface area contributed by atoms with Crippen molar-refractivity contribution in [3.8, 4) is 11.4 Å². The van der Waals surface area contributed by atoms with Crippen molar-refractivity contribution in [2.24, 2.45) is 0 Å². The van der Waals surface area contributed by atoms with Crippen molar-refractivity contribution in [3.05, 3.63) is 23.2 Å². The molecule has 0 fully saturated rings. The topological polar surface area (TPSA) is 69.6 Å². The molecule has 0 saturated heterocycles. The highest BCUT2D eigenvalue weighted by Gasteiger charge is 2.09. The zero-order valence-electron chi connectivity index (χ0n) is 9.60. The lowest BCUT2D eigenvalue weighted by molar-refractivity contribution is 0.557. The van der Waals surface area contributed by atoms with Crippen molar-refractivity contribution in [3.63, 3.8) is 0 Å². The minimum absolute atomic E-state index is 0.536. The van der Waals surface area contributed by atoms with Crippen LogP contribution in [0.4, 0.5) is 5.69 Å². The van der Waals surface area contributed by atoms with Gasteiger partial charge in [0.2, 0.25) is 0 Å². The molecule has 1 aromatic heterocycles. The summed E-state index contributed by atoms with van der Waals surface area (Å²) in [5.74, 6) is 0.724. The molecule has 2 rings (SSSR count). The Hall–Kier alpha value is -1.62. The van der Waals surface area contributed by atoms with E-state index < -0.39 is 0 Å². The van der Waals surface area contributed by atoms with Gasteiger partial charge in [0.15, 0.2) is 5.82 Å². The molecule has 0 spiro atoms. The SMILES string of the molecule is CCCCn1nnnc1-c1ccc(Cl)c(N)c1. The van der Waals surface area contributed by atoms with E-state index in [4.69, 9.17) is 17.3 Å². The van der Waals surface area contributed by atoms with Gasteiger partial charge in [0.1, 0.15) is 0 Å². The van der Waals surface area contributed by atoms with Crippen molar-refractivity contribution in [2.45, 2.75) is 26.3 Å². The maximum absolute atomic E-state index is 5.88. The summed E-state index contributed by atoms with van der Waals surface area (Å²) >= 11 is 5.88. The number of hydrogen-bond acceptors (Lipinski definition) is 4. The maximum Gasteiger partial charge on any atom is 0.182 e. The Morgan fingerprint density at radius 2 is 2.24 bits per heavy atom. The van der Waals surface area contributed by atoms with Crippen LogP contribution >= 0.6 is 11.6 Å². The second kappa shape index (κ2) is 5.14. The van der Waals surface area contributed by atoms with Gasteiger partial charge in [-0.15, -0.1) is 5.10 Å². The Labute approximate surface area is 105 Å². The second-order valence-corrected chi connectivity index (χ2v) is 4.22. The molecule has 1 heterocycles. The van der Waals surface area contributed by atoms with Crippen LogP contribution in [-0.4, -0.2) is 20.2 Å². The van der Waals surface area contributed by atoms with Crippen molar-refractivity contribution >= 4 is 17.3 Å². The van der Waals surface area contributed by atoms with Gasteiger partial charge in [0.25, 0.3) is 0 Å². The molecule has 90 valence electrons. The van der Waals surface area contributed by atoms with E-state index in [-0.39, 0.29) is 0 Å². The lowest BCUT2D eigenvalue weighted by atomic mass is 10.2. The van der Waals surface area contributed by atoms with Gasteiger partial charge in [-0.1, -0.05) is 24.9 Å². The molecule has 0 aliphatic heterocycles. The summed E-state index contributed by atoms with van der Waals surface area (Å²) in [4.78, 5) is 0. The molecule has 0 atom stereocenters. The van der Waals surface area contributed by atoms with E-state index in [0.29, 0.717) is 10.7 Å². The number of nitrogen functional groups attached to an aromatic ring is 1. The average Bonchev–Trinajstić information content (AvgIpc) is 2.78. The van der Waals surface area contributed by atoms with E-state index in [2.05, 4.69) is 22.4 Å². The molecule has 0 saturated carbocycles. The predicted octanol–water partition coefficient (Wildman–Crippen LogP) is 2.38. The number of unbranched alkanes of at least 4 members (excludes halogenated alkanes) is 1. The van der Waals surface area contributed by atoms with Gasteiger partial charge >= 0.3 is 0 Å². The summed E-state index contributed by atoms with van der Waals surface area (Å²) in [5, 5.41) is 12.2. The van der Waals surface area contributed by atoms with Crippen LogP contribution in [0.2, 0.25) is 5.02 Å². The van der Waals surface area contributed by atoms with Crippen molar-refractivity contribution in [1.29, 1.82) is 0 Å². The molecule has 0 amide bonds. The molecule has 0 aliphatic carbocycles. The van der Waals surface area contributed by atoms with Crippen LogP contribution in [0.3, 0.4) is 0 Å². The third-order valence-corrected chi connectivity index (χ3v) is 2.85. The first-order chi connectivity index (χ1) is 8.22. The summed E-state index contributed by atoms with van der Waals surface area (Å²) in [6, 6.07) is 5.41. The smallest absolute Gasteiger partial charge is 0.182 e. The molecule has 5 nitrogen and oxygen atoms in total. The zero-order valence-corrected chi connectivity index (χ0v) is 10.4. The fourth-order valence-electron chi connectivity index (χ4n) is 1.55. The number of anilines is 1. The maximum atomic E-state index is 5.88. The number of aryl methyl sites for hydroxylation is 1. The number of nitrogens with zero attached hydrogens (tertiary/aromatic N) is 4. The Balaban J connectivity index is 2.32. The van der Waals surface area contributed by atoms with Crippen LogP contribution in [0.15, 0.2) is 18.2 Å². The molecule has 1 aromatic carbocycles. The first kappa shape index (κ1) is 11.9. The zero-order chi connectivity index (χ0) is 12.3. The summed E-state index contributed by atoms with van der Waals surface area (Å²) in [7, 11) is 0. The summed E-state index contributed by atoms with van der Waals surface area (Å²) in [6.45, 7) is 2.94. The van der Waals surface area contributed by atoms with Gasteiger partial charge in [0.05, 0.1) is 10.7 Å². The Kier molecular flexibility index (Phi) is 3.58. The van der Waals surface area contributed by atoms with Gasteiger partial charge in [-0.25, -0.2) is 4.68 Å². The van der Waals surface area contributed by atoms with Crippen LogP contribution < -0.4 is 5.73 Å². The van der Waals surface area contributed by atoms with Crippen LogP contribution in [0.5, 0.6) is 0 Å². The van der Waals surface area contributed by atoms with Gasteiger partial charge in [-0.2, -0.15) is 0 Å². The number of halogens is 1. The quantitative estimate of drug-likeness (QED) is 0.847. The highest BCUT2D eigenvalue weighted by Crippen LogP contribution is 2.25. The number of tetrazole rings is 1. The first-order valence-electron chi connectivity index (χ1n) is 5.54. The number of nitrogens with two attached hydrogens (primary N) is 1. The Morgan fingerprint density at radius 3 is 2.94 bits per heavy atom. The number of hydrogen-bond donors (Lipinski definition) is 1. The third kappa shape index (κ3) is 2.55. The number of benzene rings is 1. The largest absolute Gasteiger partial charge is 0.398 e. The minimum atomic E-state index is 0.536. The molecule has 2 aromatic rings. The first-order valence-corrected chi connectivity index (χ1v) is 5.91. The second-order valence-electron chi connectivity index (χ2n) is 3.82. The number of aromatic nitrogens is 4. The lowest BCUT2D eigenvalue weighted by Crippen LogP contribution is -2.03. The predicted molar refractivity (Wildman–Crippen MR) is 67.6 cm³/mol. The normalized spacial score (nSPS) is 10.7. The molecule has 0 bridgehead atoms. The molecule has 6 heteroatoms. The highest BCUT2D eigenvalue weighted by molar-refractivity contribution is 6.33. The van der Waals surface area contributed by atoms with Crippen LogP contribution in [-0.2, 0) is 6.54 Å². The van der Waals surface area contributed by atoms with Gasteiger partial charge in [-0.05, 0) is 35.0 Å². The summed E-state index contributed by atoms with van der Waals surface area (Å²) in [6.07, 6.45) is 2.14. The fourth-order valence-corrected chi connectivity index (χ4v) is 1.67. The Bertz CT molecular complexity index is 508. The van der Waals surface area contributed by atoms with Crippen LogP contribution in [0, 0.1) is 0 Å². The summed E-state index contributed by atoms with van der Waals surface area (Å²) < 4.78 is 1.78. The fraction of sp³-hybridized carbons (Fsp3) is 0.364. The molecular formula is C11H14ClN5.